The van der Waals surface area contributed by atoms with Gasteiger partial charge in [-0.3, -0.25) is 4.79 Å². The van der Waals surface area contributed by atoms with Gasteiger partial charge in [0.05, 0.1) is 5.75 Å². The molecule has 2 aromatic rings. The lowest BCUT2D eigenvalue weighted by atomic mass is 10.1. The highest BCUT2D eigenvalue weighted by Crippen LogP contribution is 2.45. The molecule has 1 amide bonds. The van der Waals surface area contributed by atoms with Crippen LogP contribution in [0.1, 0.15) is 54.6 Å². The molecule has 0 radical (unpaired) electrons. The van der Waals surface area contributed by atoms with Crippen LogP contribution in [0.2, 0.25) is 0 Å². The summed E-state index contributed by atoms with van der Waals surface area (Å²) in [6.07, 6.45) is 4.89. The highest BCUT2D eigenvalue weighted by molar-refractivity contribution is 7.99. The van der Waals surface area contributed by atoms with E-state index in [4.69, 9.17) is 0 Å². The number of amides is 1. The fourth-order valence-electron chi connectivity index (χ4n) is 3.05. The molecular formula is C19H24N4OS. The summed E-state index contributed by atoms with van der Waals surface area (Å²) < 4.78 is 2.30. The highest BCUT2D eigenvalue weighted by Gasteiger charge is 2.36. The Kier molecular flexibility index (Phi) is 4.54. The van der Waals surface area contributed by atoms with E-state index in [1.165, 1.54) is 48.6 Å². The Balaban J connectivity index is 1.38. The Hall–Kier alpha value is -1.82. The first kappa shape index (κ1) is 16.6. The molecule has 2 aliphatic rings. The second-order valence-electron chi connectivity index (χ2n) is 7.18. The molecule has 2 fully saturated rings. The van der Waals surface area contributed by atoms with Gasteiger partial charge in [-0.1, -0.05) is 36.0 Å². The van der Waals surface area contributed by atoms with E-state index >= 15 is 0 Å². The van der Waals surface area contributed by atoms with Gasteiger partial charge in [-0.15, -0.1) is 10.2 Å². The molecule has 2 saturated carbocycles. The fraction of sp³-hybridized carbons (Fsp3) is 0.526. The number of rotatable bonds is 7. The molecule has 132 valence electrons. The smallest absolute Gasteiger partial charge is 0.233 e. The van der Waals surface area contributed by atoms with Gasteiger partial charge in [0.1, 0.15) is 5.82 Å². The van der Waals surface area contributed by atoms with Crippen molar-refractivity contribution >= 4 is 17.7 Å². The van der Waals surface area contributed by atoms with Crippen LogP contribution in [0.3, 0.4) is 0 Å². The molecule has 25 heavy (non-hydrogen) atoms. The lowest BCUT2D eigenvalue weighted by Crippen LogP contribution is -2.28. The van der Waals surface area contributed by atoms with Crippen LogP contribution in [-0.2, 0) is 11.3 Å². The Morgan fingerprint density at radius 1 is 1.24 bits per heavy atom. The zero-order chi connectivity index (χ0) is 17.4. The predicted molar refractivity (Wildman–Crippen MR) is 98.6 cm³/mol. The minimum atomic E-state index is 0.131. The van der Waals surface area contributed by atoms with Crippen molar-refractivity contribution in [3.8, 4) is 0 Å². The van der Waals surface area contributed by atoms with Crippen molar-refractivity contribution in [1.29, 1.82) is 0 Å². The number of nitrogens with zero attached hydrogens (tertiary/aromatic N) is 4. The Morgan fingerprint density at radius 3 is 2.68 bits per heavy atom. The van der Waals surface area contributed by atoms with Gasteiger partial charge in [-0.05, 0) is 43.7 Å². The molecule has 0 bridgehead atoms. The molecule has 0 atom stereocenters. The Labute approximate surface area is 152 Å². The largest absolute Gasteiger partial charge is 0.341 e. The third-order valence-electron chi connectivity index (χ3n) is 4.96. The second kappa shape index (κ2) is 6.83. The summed E-state index contributed by atoms with van der Waals surface area (Å²) in [5.74, 6) is 2.29. The summed E-state index contributed by atoms with van der Waals surface area (Å²) in [6.45, 7) is 2.73. The number of aromatic nitrogens is 3. The van der Waals surface area contributed by atoms with Crippen molar-refractivity contribution in [2.24, 2.45) is 0 Å². The maximum absolute atomic E-state index is 12.5. The van der Waals surface area contributed by atoms with Gasteiger partial charge in [-0.25, -0.2) is 0 Å². The summed E-state index contributed by atoms with van der Waals surface area (Å²) in [5.41, 5.74) is 2.41. The summed E-state index contributed by atoms with van der Waals surface area (Å²) in [5, 5.41) is 9.70. The third kappa shape index (κ3) is 3.73. The molecule has 0 aliphatic heterocycles. The van der Waals surface area contributed by atoms with E-state index in [9.17, 15) is 4.79 Å². The first-order chi connectivity index (χ1) is 12.1. The number of hydrogen-bond acceptors (Lipinski definition) is 4. The van der Waals surface area contributed by atoms with E-state index in [1.54, 1.807) is 4.90 Å². The first-order valence-corrected chi connectivity index (χ1v) is 9.98. The Morgan fingerprint density at radius 2 is 2.00 bits per heavy atom. The molecule has 0 saturated heterocycles. The number of hydrogen-bond donors (Lipinski definition) is 0. The topological polar surface area (TPSA) is 51.0 Å². The molecule has 2 aliphatic carbocycles. The van der Waals surface area contributed by atoms with Crippen LogP contribution in [0.5, 0.6) is 0 Å². The molecule has 1 aromatic heterocycles. The maximum atomic E-state index is 12.5. The SMILES string of the molecule is Cc1ccccc1CN(C)C(=O)CSc1nnc(C2CC2)n1C1CC1. The van der Waals surface area contributed by atoms with Crippen LogP contribution in [0, 0.1) is 6.92 Å². The predicted octanol–water partition coefficient (Wildman–Crippen LogP) is 3.55. The van der Waals surface area contributed by atoms with Crippen molar-refractivity contribution in [2.75, 3.05) is 12.8 Å². The zero-order valence-electron chi connectivity index (χ0n) is 14.8. The molecule has 1 heterocycles. The van der Waals surface area contributed by atoms with Crippen molar-refractivity contribution in [1.82, 2.24) is 19.7 Å². The lowest BCUT2D eigenvalue weighted by molar-refractivity contribution is -0.127. The van der Waals surface area contributed by atoms with Gasteiger partial charge in [0.25, 0.3) is 0 Å². The van der Waals surface area contributed by atoms with Gasteiger partial charge >= 0.3 is 0 Å². The number of thioether (sulfide) groups is 1. The summed E-state index contributed by atoms with van der Waals surface area (Å²) in [4.78, 5) is 14.3. The third-order valence-corrected chi connectivity index (χ3v) is 5.89. The molecule has 6 heteroatoms. The highest BCUT2D eigenvalue weighted by atomic mass is 32.2. The molecule has 1 aromatic carbocycles. The lowest BCUT2D eigenvalue weighted by Gasteiger charge is -2.18. The zero-order valence-corrected chi connectivity index (χ0v) is 15.6. The van der Waals surface area contributed by atoms with Gasteiger partial charge in [0.2, 0.25) is 5.91 Å². The molecule has 0 unspecified atom stereocenters. The molecule has 4 rings (SSSR count). The van der Waals surface area contributed by atoms with Gasteiger partial charge < -0.3 is 9.47 Å². The van der Waals surface area contributed by atoms with E-state index in [0.29, 0.717) is 24.3 Å². The van der Waals surface area contributed by atoms with Gasteiger partial charge in [0.15, 0.2) is 5.16 Å². The fourth-order valence-corrected chi connectivity index (χ4v) is 4.00. The van der Waals surface area contributed by atoms with E-state index in [-0.39, 0.29) is 5.91 Å². The van der Waals surface area contributed by atoms with Crippen LogP contribution in [0.4, 0.5) is 0 Å². The minimum absolute atomic E-state index is 0.131. The van der Waals surface area contributed by atoms with Crippen LogP contribution in [0.15, 0.2) is 29.4 Å². The average Bonchev–Trinajstić information content (AvgIpc) is 3.53. The molecular weight excluding hydrogens is 332 g/mol. The van der Waals surface area contributed by atoms with E-state index in [2.05, 4.69) is 33.8 Å². The van der Waals surface area contributed by atoms with Crippen LogP contribution >= 0.6 is 11.8 Å². The van der Waals surface area contributed by atoms with Gasteiger partial charge in [-0.2, -0.15) is 0 Å². The van der Waals surface area contributed by atoms with Crippen molar-refractivity contribution in [2.45, 2.75) is 56.3 Å². The van der Waals surface area contributed by atoms with Crippen molar-refractivity contribution < 1.29 is 4.79 Å². The second-order valence-corrected chi connectivity index (χ2v) is 8.12. The van der Waals surface area contributed by atoms with Crippen molar-refractivity contribution in [3.63, 3.8) is 0 Å². The van der Waals surface area contributed by atoms with Gasteiger partial charge in [0, 0.05) is 25.6 Å². The normalized spacial score (nSPS) is 16.9. The molecule has 0 N–H and O–H groups in total. The number of carbonyl (C=O) groups is 1. The minimum Gasteiger partial charge on any atom is -0.341 e. The quantitative estimate of drug-likeness (QED) is 0.712. The van der Waals surface area contributed by atoms with Crippen LogP contribution in [-0.4, -0.2) is 38.4 Å². The monoisotopic (exact) mass is 356 g/mol. The standard InChI is InChI=1S/C19H24N4OS/c1-13-5-3-4-6-15(13)11-22(2)17(24)12-25-19-21-20-18(14-7-8-14)23(19)16-9-10-16/h3-6,14,16H,7-12H2,1-2H3. The number of aryl methyl sites for hydroxylation is 1. The maximum Gasteiger partial charge on any atom is 0.233 e. The van der Waals surface area contributed by atoms with Crippen LogP contribution < -0.4 is 0 Å². The summed E-state index contributed by atoms with van der Waals surface area (Å²) >= 11 is 1.53. The van der Waals surface area contributed by atoms with Crippen LogP contribution in [0.25, 0.3) is 0 Å². The summed E-state index contributed by atoms with van der Waals surface area (Å²) in [7, 11) is 1.87. The first-order valence-electron chi connectivity index (χ1n) is 8.99. The number of benzene rings is 1. The summed E-state index contributed by atoms with van der Waals surface area (Å²) in [6, 6.07) is 8.77. The Bertz CT molecular complexity index is 779. The van der Waals surface area contributed by atoms with E-state index in [0.717, 1.165) is 11.0 Å². The molecule has 5 nitrogen and oxygen atoms in total. The van der Waals surface area contributed by atoms with E-state index in [1.807, 2.05) is 19.2 Å². The van der Waals surface area contributed by atoms with E-state index < -0.39 is 0 Å². The average molecular weight is 356 g/mol. The number of carbonyl (C=O) groups excluding carboxylic acids is 1. The molecule has 0 spiro atoms. The van der Waals surface area contributed by atoms with Crippen molar-refractivity contribution in [3.05, 3.63) is 41.2 Å².